The average Bonchev–Trinajstić information content (AvgIpc) is 3.08. The van der Waals surface area contributed by atoms with Gasteiger partial charge in [-0.1, -0.05) is 43.9 Å². The molecule has 0 N–H and O–H groups in total. The van der Waals surface area contributed by atoms with Gasteiger partial charge in [-0.05, 0) is 36.2 Å². The molecule has 1 aliphatic rings. The minimum absolute atomic E-state index is 0.0469. The summed E-state index contributed by atoms with van der Waals surface area (Å²) in [7, 11) is 0. The molecule has 2 aromatic carbocycles. The lowest BCUT2D eigenvalue weighted by Gasteiger charge is -2.22. The molecule has 4 heteroatoms. The molecule has 0 saturated heterocycles. The zero-order valence-corrected chi connectivity index (χ0v) is 14.5. The van der Waals surface area contributed by atoms with Crippen LogP contribution in [0.5, 0.6) is 11.5 Å². The Morgan fingerprint density at radius 3 is 2.64 bits per heavy atom. The summed E-state index contributed by atoms with van der Waals surface area (Å²) in [5.41, 5.74) is 1.54. The van der Waals surface area contributed by atoms with Crippen molar-refractivity contribution in [1.82, 2.24) is 4.90 Å². The average molecular weight is 335 g/mol. The first-order chi connectivity index (χ1) is 12.1. The standard InChI is InChI=1S/C21H21NO3/c1-16(2)14-22(12-6-9-17-7-4-3-5-8-17)21(23)18-10-11-19-20(13-18)25-15-24-19/h3-5,7-8,10-11,13,16H,12,14-15H2,1-2H3. The van der Waals surface area contributed by atoms with Gasteiger partial charge in [-0.15, -0.1) is 0 Å². The maximum Gasteiger partial charge on any atom is 0.254 e. The molecule has 128 valence electrons. The van der Waals surface area contributed by atoms with E-state index in [0.29, 0.717) is 36.1 Å². The molecule has 0 bridgehead atoms. The summed E-state index contributed by atoms with van der Waals surface area (Å²) in [4.78, 5) is 14.7. The smallest absolute Gasteiger partial charge is 0.254 e. The second-order valence-corrected chi connectivity index (χ2v) is 6.32. The molecule has 1 amide bonds. The van der Waals surface area contributed by atoms with E-state index in [4.69, 9.17) is 9.47 Å². The van der Waals surface area contributed by atoms with E-state index in [0.717, 1.165) is 5.56 Å². The number of amides is 1. The number of carbonyl (C=O) groups excluding carboxylic acids is 1. The number of benzene rings is 2. The van der Waals surface area contributed by atoms with Gasteiger partial charge in [-0.25, -0.2) is 0 Å². The quantitative estimate of drug-likeness (QED) is 0.802. The fourth-order valence-electron chi connectivity index (χ4n) is 2.63. The molecule has 0 radical (unpaired) electrons. The summed E-state index contributed by atoms with van der Waals surface area (Å²) in [6, 6.07) is 15.1. The molecule has 0 unspecified atom stereocenters. The van der Waals surface area contributed by atoms with E-state index in [1.807, 2.05) is 30.3 Å². The highest BCUT2D eigenvalue weighted by atomic mass is 16.7. The van der Waals surface area contributed by atoms with Crippen molar-refractivity contribution in [1.29, 1.82) is 0 Å². The fourth-order valence-corrected chi connectivity index (χ4v) is 2.63. The van der Waals surface area contributed by atoms with Crippen LogP contribution in [0.2, 0.25) is 0 Å². The molecular formula is C21H21NO3. The number of carbonyl (C=O) groups is 1. The minimum atomic E-state index is -0.0469. The van der Waals surface area contributed by atoms with Crippen LogP contribution in [0.15, 0.2) is 48.5 Å². The van der Waals surface area contributed by atoms with Crippen molar-refractivity contribution in [3.63, 3.8) is 0 Å². The van der Waals surface area contributed by atoms with Gasteiger partial charge in [0.25, 0.3) is 5.91 Å². The number of fused-ring (bicyclic) bond motifs is 1. The lowest BCUT2D eigenvalue weighted by Crippen LogP contribution is -2.34. The highest BCUT2D eigenvalue weighted by Gasteiger charge is 2.20. The Kier molecular flexibility index (Phi) is 5.25. The van der Waals surface area contributed by atoms with Crippen molar-refractivity contribution >= 4 is 5.91 Å². The zero-order chi connectivity index (χ0) is 17.6. The van der Waals surface area contributed by atoms with Crippen LogP contribution in [-0.2, 0) is 0 Å². The third-order valence-electron chi connectivity index (χ3n) is 3.77. The van der Waals surface area contributed by atoms with E-state index in [9.17, 15) is 4.79 Å². The molecular weight excluding hydrogens is 314 g/mol. The van der Waals surface area contributed by atoms with Gasteiger partial charge in [0.2, 0.25) is 6.79 Å². The van der Waals surface area contributed by atoms with Crippen molar-refractivity contribution in [2.45, 2.75) is 13.8 Å². The molecule has 2 aromatic rings. The summed E-state index contributed by atoms with van der Waals surface area (Å²) in [6.45, 7) is 5.41. The predicted molar refractivity (Wildman–Crippen MR) is 96.6 cm³/mol. The van der Waals surface area contributed by atoms with Crippen molar-refractivity contribution in [3.05, 3.63) is 59.7 Å². The number of hydrogen-bond acceptors (Lipinski definition) is 3. The van der Waals surface area contributed by atoms with E-state index in [-0.39, 0.29) is 12.7 Å². The van der Waals surface area contributed by atoms with Gasteiger partial charge in [0.1, 0.15) is 0 Å². The molecule has 0 aromatic heterocycles. The Morgan fingerprint density at radius 1 is 1.12 bits per heavy atom. The molecule has 0 aliphatic carbocycles. The summed E-state index contributed by atoms with van der Waals surface area (Å²) in [6.07, 6.45) is 0. The molecule has 1 aliphatic heterocycles. The normalized spacial score (nSPS) is 11.8. The lowest BCUT2D eigenvalue weighted by molar-refractivity contribution is 0.0759. The van der Waals surface area contributed by atoms with Gasteiger partial charge in [0, 0.05) is 17.7 Å². The molecule has 3 rings (SSSR count). The molecule has 25 heavy (non-hydrogen) atoms. The van der Waals surface area contributed by atoms with Crippen LogP contribution in [0.1, 0.15) is 29.8 Å². The third kappa shape index (κ3) is 4.33. The van der Waals surface area contributed by atoms with Crippen LogP contribution >= 0.6 is 0 Å². The van der Waals surface area contributed by atoms with Crippen LogP contribution in [0.25, 0.3) is 0 Å². The van der Waals surface area contributed by atoms with Gasteiger partial charge in [0.15, 0.2) is 11.5 Å². The van der Waals surface area contributed by atoms with Crippen molar-refractivity contribution < 1.29 is 14.3 Å². The highest BCUT2D eigenvalue weighted by molar-refractivity contribution is 5.95. The first-order valence-electron chi connectivity index (χ1n) is 8.36. The SMILES string of the molecule is CC(C)CN(CC#Cc1ccccc1)C(=O)c1ccc2c(c1)OCO2. The van der Waals surface area contributed by atoms with Gasteiger partial charge in [-0.2, -0.15) is 0 Å². The second-order valence-electron chi connectivity index (χ2n) is 6.32. The molecule has 4 nitrogen and oxygen atoms in total. The maximum absolute atomic E-state index is 12.9. The van der Waals surface area contributed by atoms with Crippen LogP contribution in [0.4, 0.5) is 0 Å². The minimum Gasteiger partial charge on any atom is -0.454 e. The van der Waals surface area contributed by atoms with E-state index in [2.05, 4.69) is 25.7 Å². The lowest BCUT2D eigenvalue weighted by atomic mass is 10.1. The van der Waals surface area contributed by atoms with Gasteiger partial charge < -0.3 is 14.4 Å². The Hall–Kier alpha value is -2.93. The Morgan fingerprint density at radius 2 is 1.88 bits per heavy atom. The Bertz CT molecular complexity index is 803. The largest absolute Gasteiger partial charge is 0.454 e. The van der Waals surface area contributed by atoms with Crippen LogP contribution in [-0.4, -0.2) is 30.7 Å². The molecule has 1 heterocycles. The number of rotatable bonds is 4. The van der Waals surface area contributed by atoms with E-state index in [1.54, 1.807) is 23.1 Å². The second kappa shape index (κ2) is 7.76. The maximum atomic E-state index is 12.9. The first-order valence-corrected chi connectivity index (χ1v) is 8.36. The zero-order valence-electron chi connectivity index (χ0n) is 14.5. The third-order valence-corrected chi connectivity index (χ3v) is 3.77. The van der Waals surface area contributed by atoms with Crippen LogP contribution in [0, 0.1) is 17.8 Å². The molecule has 0 spiro atoms. The molecule has 0 saturated carbocycles. The summed E-state index contributed by atoms with van der Waals surface area (Å²) in [5, 5.41) is 0. The highest BCUT2D eigenvalue weighted by Crippen LogP contribution is 2.32. The predicted octanol–water partition coefficient (Wildman–Crippen LogP) is 3.57. The van der Waals surface area contributed by atoms with Crippen molar-refractivity contribution in [2.24, 2.45) is 5.92 Å². The molecule has 0 atom stereocenters. The summed E-state index contributed by atoms with van der Waals surface area (Å²) in [5.74, 6) is 7.82. The van der Waals surface area contributed by atoms with Gasteiger partial charge in [0.05, 0.1) is 6.54 Å². The number of ether oxygens (including phenoxy) is 2. The first kappa shape index (κ1) is 16.9. The Labute approximate surface area is 148 Å². The van der Waals surface area contributed by atoms with Crippen molar-refractivity contribution in [3.8, 4) is 23.3 Å². The summed E-state index contributed by atoms with van der Waals surface area (Å²) >= 11 is 0. The van der Waals surface area contributed by atoms with Gasteiger partial charge in [-0.3, -0.25) is 4.79 Å². The number of hydrogen-bond donors (Lipinski definition) is 0. The van der Waals surface area contributed by atoms with E-state index < -0.39 is 0 Å². The van der Waals surface area contributed by atoms with Crippen molar-refractivity contribution in [2.75, 3.05) is 19.9 Å². The fraction of sp³-hybridized carbons (Fsp3) is 0.286. The molecule has 0 fully saturated rings. The Balaban J connectivity index is 1.76. The van der Waals surface area contributed by atoms with E-state index >= 15 is 0 Å². The monoisotopic (exact) mass is 335 g/mol. The van der Waals surface area contributed by atoms with Gasteiger partial charge >= 0.3 is 0 Å². The number of nitrogens with zero attached hydrogens (tertiary/aromatic N) is 1. The summed E-state index contributed by atoms with van der Waals surface area (Å²) < 4.78 is 10.7. The van der Waals surface area contributed by atoms with E-state index in [1.165, 1.54) is 0 Å². The topological polar surface area (TPSA) is 38.8 Å². The van der Waals surface area contributed by atoms with Crippen LogP contribution < -0.4 is 9.47 Å². The van der Waals surface area contributed by atoms with Crippen LogP contribution in [0.3, 0.4) is 0 Å².